The third kappa shape index (κ3) is 3.02. The lowest BCUT2D eigenvalue weighted by Gasteiger charge is -2.11. The van der Waals surface area contributed by atoms with Crippen molar-refractivity contribution in [1.82, 2.24) is 9.97 Å². The van der Waals surface area contributed by atoms with Gasteiger partial charge >= 0.3 is 0 Å². The second-order valence-electron chi connectivity index (χ2n) is 6.03. The minimum Gasteiger partial charge on any atom is -0.229 e. The minimum absolute atomic E-state index is 0.973. The molecule has 0 spiro atoms. The van der Waals surface area contributed by atoms with Crippen LogP contribution in [-0.2, 0) is 25.0 Å². The Hall–Kier alpha value is -1.39. The van der Waals surface area contributed by atoms with E-state index in [1.165, 1.54) is 52.6 Å². The molecule has 0 radical (unpaired) electrons. The van der Waals surface area contributed by atoms with E-state index >= 15 is 0 Å². The Bertz CT molecular complexity index is 821. The summed E-state index contributed by atoms with van der Waals surface area (Å²) in [5.41, 5.74) is 4.29. The number of rotatable bonds is 4. The molecule has 0 atom stereocenters. The van der Waals surface area contributed by atoms with Crippen LogP contribution in [-0.4, -0.2) is 9.97 Å². The van der Waals surface area contributed by atoms with Crippen molar-refractivity contribution in [2.45, 2.75) is 49.8 Å². The van der Waals surface area contributed by atoms with E-state index in [0.29, 0.717) is 0 Å². The summed E-state index contributed by atoms with van der Waals surface area (Å²) < 4.78 is 0. The van der Waals surface area contributed by atoms with Crippen molar-refractivity contribution in [1.29, 1.82) is 0 Å². The van der Waals surface area contributed by atoms with Crippen LogP contribution < -0.4 is 0 Å². The van der Waals surface area contributed by atoms with Crippen LogP contribution in [0.4, 0.5) is 0 Å². The van der Waals surface area contributed by atoms with E-state index in [-0.39, 0.29) is 0 Å². The summed E-state index contributed by atoms with van der Waals surface area (Å²) in [7, 11) is 0. The van der Waals surface area contributed by atoms with E-state index < -0.39 is 0 Å². The van der Waals surface area contributed by atoms with E-state index in [4.69, 9.17) is 0 Å². The standard InChI is InChI=1S/C19H20N2S2/c1-2-13-7-9-14(10-8-13)11-22-18-17-15-5-3-4-6-16(15)23-19(17)21-12-20-18/h7-10,12H,2-6,11H2,1H3. The zero-order valence-corrected chi connectivity index (χ0v) is 15.0. The summed E-state index contributed by atoms with van der Waals surface area (Å²) in [6.45, 7) is 2.20. The molecular weight excluding hydrogens is 320 g/mol. The average molecular weight is 341 g/mol. The van der Waals surface area contributed by atoms with Gasteiger partial charge < -0.3 is 0 Å². The fraction of sp³-hybridized carbons (Fsp3) is 0.368. The van der Waals surface area contributed by atoms with Crippen LogP contribution >= 0.6 is 23.1 Å². The molecule has 2 heterocycles. The predicted octanol–water partition coefficient (Wildman–Crippen LogP) is 5.42. The average Bonchev–Trinajstić information content (AvgIpc) is 2.99. The van der Waals surface area contributed by atoms with Gasteiger partial charge in [-0.15, -0.1) is 23.1 Å². The molecule has 4 rings (SSSR count). The first kappa shape index (κ1) is 15.2. The summed E-state index contributed by atoms with van der Waals surface area (Å²) in [5, 5.41) is 2.50. The maximum atomic E-state index is 4.59. The molecule has 3 aromatic rings. The molecule has 1 aliphatic rings. The lowest BCUT2D eigenvalue weighted by molar-refractivity contribution is 0.699. The molecule has 0 unspecified atom stereocenters. The highest BCUT2D eigenvalue weighted by Gasteiger charge is 2.19. The Kier molecular flexibility index (Phi) is 4.36. The van der Waals surface area contributed by atoms with Gasteiger partial charge in [-0.2, -0.15) is 0 Å². The van der Waals surface area contributed by atoms with Crippen molar-refractivity contribution in [2.24, 2.45) is 0 Å². The molecule has 2 aromatic heterocycles. The third-order valence-corrected chi connectivity index (χ3v) is 6.78. The summed E-state index contributed by atoms with van der Waals surface area (Å²) in [6, 6.07) is 8.95. The van der Waals surface area contributed by atoms with E-state index in [2.05, 4.69) is 41.2 Å². The smallest absolute Gasteiger partial charge is 0.128 e. The molecule has 0 N–H and O–H groups in total. The molecule has 0 saturated heterocycles. The molecule has 0 bridgehead atoms. The molecular formula is C19H20N2S2. The lowest BCUT2D eigenvalue weighted by atomic mass is 9.97. The molecule has 0 saturated carbocycles. The van der Waals surface area contributed by atoms with Crippen molar-refractivity contribution in [2.75, 3.05) is 0 Å². The van der Waals surface area contributed by atoms with Crippen molar-refractivity contribution < 1.29 is 0 Å². The lowest BCUT2D eigenvalue weighted by Crippen LogP contribution is -1.99. The minimum atomic E-state index is 0.973. The van der Waals surface area contributed by atoms with Gasteiger partial charge in [0.25, 0.3) is 0 Å². The van der Waals surface area contributed by atoms with Gasteiger partial charge in [-0.25, -0.2) is 9.97 Å². The number of aromatic nitrogens is 2. The van der Waals surface area contributed by atoms with Crippen LogP contribution in [0.25, 0.3) is 10.2 Å². The topological polar surface area (TPSA) is 25.8 Å². The summed E-state index contributed by atoms with van der Waals surface area (Å²) in [5.74, 6) is 0.973. The van der Waals surface area contributed by atoms with Gasteiger partial charge in [0.05, 0.1) is 0 Å². The molecule has 0 fully saturated rings. The van der Waals surface area contributed by atoms with Crippen molar-refractivity contribution in [3.8, 4) is 0 Å². The van der Waals surface area contributed by atoms with E-state index in [9.17, 15) is 0 Å². The molecule has 4 heteroatoms. The fourth-order valence-electron chi connectivity index (χ4n) is 3.19. The molecule has 118 valence electrons. The first-order valence-corrected chi connectivity index (χ1v) is 10.1. The summed E-state index contributed by atoms with van der Waals surface area (Å²) in [4.78, 5) is 11.8. The monoisotopic (exact) mass is 340 g/mol. The maximum absolute atomic E-state index is 4.59. The number of fused-ring (bicyclic) bond motifs is 3. The van der Waals surface area contributed by atoms with E-state index in [0.717, 1.165) is 17.2 Å². The van der Waals surface area contributed by atoms with Gasteiger partial charge in [0.15, 0.2) is 0 Å². The Labute approximate surface area is 145 Å². The SMILES string of the molecule is CCc1ccc(CSc2ncnc3sc4c(c23)CCCC4)cc1. The molecule has 23 heavy (non-hydrogen) atoms. The largest absolute Gasteiger partial charge is 0.229 e. The van der Waals surface area contributed by atoms with Crippen LogP contribution in [0.15, 0.2) is 35.6 Å². The number of hydrogen-bond acceptors (Lipinski definition) is 4. The number of aryl methyl sites for hydroxylation is 3. The van der Waals surface area contributed by atoms with Gasteiger partial charge in [-0.05, 0) is 48.8 Å². The first-order chi connectivity index (χ1) is 11.3. The van der Waals surface area contributed by atoms with Crippen LogP contribution in [0.2, 0.25) is 0 Å². The first-order valence-electron chi connectivity index (χ1n) is 8.31. The number of thiophene rings is 1. The van der Waals surface area contributed by atoms with Crippen molar-refractivity contribution in [3.63, 3.8) is 0 Å². The van der Waals surface area contributed by atoms with Gasteiger partial charge in [-0.1, -0.05) is 31.2 Å². The predicted molar refractivity (Wildman–Crippen MR) is 99.4 cm³/mol. The summed E-state index contributed by atoms with van der Waals surface area (Å²) in [6.07, 6.45) is 7.87. The number of thioether (sulfide) groups is 1. The van der Waals surface area contributed by atoms with Crippen molar-refractivity contribution >= 4 is 33.3 Å². The highest BCUT2D eigenvalue weighted by Crippen LogP contribution is 2.39. The molecule has 0 amide bonds. The molecule has 0 aliphatic heterocycles. The van der Waals surface area contributed by atoms with Crippen LogP contribution in [0, 0.1) is 0 Å². The molecule has 2 nitrogen and oxygen atoms in total. The highest BCUT2D eigenvalue weighted by molar-refractivity contribution is 7.98. The highest BCUT2D eigenvalue weighted by atomic mass is 32.2. The van der Waals surface area contributed by atoms with Gasteiger partial charge in [0, 0.05) is 16.0 Å². The number of hydrogen-bond donors (Lipinski definition) is 0. The van der Waals surface area contributed by atoms with Gasteiger partial charge in [-0.3, -0.25) is 0 Å². The zero-order chi connectivity index (χ0) is 15.6. The Morgan fingerprint density at radius 3 is 2.65 bits per heavy atom. The van der Waals surface area contributed by atoms with Crippen LogP contribution in [0.1, 0.15) is 41.3 Å². The Morgan fingerprint density at radius 1 is 1.04 bits per heavy atom. The van der Waals surface area contributed by atoms with Crippen molar-refractivity contribution in [3.05, 3.63) is 52.2 Å². The van der Waals surface area contributed by atoms with Crippen LogP contribution in [0.3, 0.4) is 0 Å². The van der Waals surface area contributed by atoms with E-state index in [1.807, 2.05) is 23.1 Å². The Morgan fingerprint density at radius 2 is 1.83 bits per heavy atom. The maximum Gasteiger partial charge on any atom is 0.128 e. The quantitative estimate of drug-likeness (QED) is 0.468. The van der Waals surface area contributed by atoms with Gasteiger partial charge in [0.2, 0.25) is 0 Å². The van der Waals surface area contributed by atoms with E-state index in [1.54, 1.807) is 11.2 Å². The second kappa shape index (κ2) is 6.62. The van der Waals surface area contributed by atoms with Gasteiger partial charge in [0.1, 0.15) is 16.2 Å². The van der Waals surface area contributed by atoms with Crippen LogP contribution in [0.5, 0.6) is 0 Å². The molecule has 1 aliphatic carbocycles. The molecule has 1 aromatic carbocycles. The third-order valence-electron chi connectivity index (χ3n) is 4.52. The second-order valence-corrected chi connectivity index (χ2v) is 8.08. The Balaban J connectivity index is 1.62. The normalized spacial score (nSPS) is 14.1. The summed E-state index contributed by atoms with van der Waals surface area (Å²) >= 11 is 3.73. The zero-order valence-electron chi connectivity index (χ0n) is 13.3. The number of benzene rings is 1. The fourth-order valence-corrected chi connectivity index (χ4v) is 5.47. The number of nitrogens with zero attached hydrogens (tertiary/aromatic N) is 2.